The van der Waals surface area contributed by atoms with Crippen LogP contribution in [0.4, 0.5) is 0 Å². The van der Waals surface area contributed by atoms with Gasteiger partial charge in [-0.05, 0) is 24.0 Å². The Morgan fingerprint density at radius 3 is 2.85 bits per heavy atom. The Morgan fingerprint density at radius 1 is 1.31 bits per heavy atom. The molecular weight excluding hydrogens is 186 g/mol. The van der Waals surface area contributed by atoms with Crippen molar-refractivity contribution in [2.45, 2.75) is 18.9 Å². The van der Waals surface area contributed by atoms with Gasteiger partial charge >= 0.3 is 0 Å². The van der Waals surface area contributed by atoms with Gasteiger partial charge in [-0.1, -0.05) is 24.3 Å². The van der Waals surface area contributed by atoms with Crippen LogP contribution in [-0.2, 0) is 17.3 Å². The molecular formula is C9H11NO2S. The van der Waals surface area contributed by atoms with Crippen LogP contribution in [0.1, 0.15) is 23.6 Å². The maximum absolute atomic E-state index is 10.5. The van der Waals surface area contributed by atoms with E-state index in [-0.39, 0.29) is 6.04 Å². The lowest BCUT2D eigenvalue weighted by molar-refractivity contribution is 0.573. The Bertz CT molecular complexity index is 379. The number of hydrogen-bond donors (Lipinski definition) is 2. The highest BCUT2D eigenvalue weighted by molar-refractivity contribution is 7.70. The average Bonchev–Trinajstić information content (AvgIpc) is 2.48. The summed E-state index contributed by atoms with van der Waals surface area (Å²) in [7, 11) is -2.49. The average molecular weight is 197 g/mol. The fourth-order valence-corrected chi connectivity index (χ4v) is 2.34. The van der Waals surface area contributed by atoms with Crippen molar-refractivity contribution >= 4 is 10.9 Å². The molecule has 1 aromatic carbocycles. The van der Waals surface area contributed by atoms with Gasteiger partial charge in [-0.15, -0.1) is 0 Å². The predicted octanol–water partition coefficient (Wildman–Crippen LogP) is 0.790. The Morgan fingerprint density at radius 2 is 2.08 bits per heavy atom. The highest BCUT2D eigenvalue weighted by atomic mass is 32.2. The Hall–Kier alpha value is -0.870. The first-order chi connectivity index (χ1) is 6.27. The second kappa shape index (κ2) is 3.47. The van der Waals surface area contributed by atoms with E-state index in [0.29, 0.717) is 0 Å². The largest absolute Gasteiger partial charge is 0.215 e. The quantitative estimate of drug-likeness (QED) is 0.688. The van der Waals surface area contributed by atoms with Crippen molar-refractivity contribution in [1.29, 1.82) is 0 Å². The number of thiol groups is 1. The normalized spacial score (nSPS) is 20.5. The van der Waals surface area contributed by atoms with Crippen molar-refractivity contribution in [2.75, 3.05) is 0 Å². The molecule has 1 aromatic rings. The summed E-state index contributed by atoms with van der Waals surface area (Å²) in [5, 5.41) is 0. The van der Waals surface area contributed by atoms with Crippen molar-refractivity contribution in [3.8, 4) is 0 Å². The zero-order valence-electron chi connectivity index (χ0n) is 7.06. The highest BCUT2D eigenvalue weighted by Gasteiger charge is 2.21. The molecule has 0 aromatic heterocycles. The van der Waals surface area contributed by atoms with Crippen LogP contribution in [0.15, 0.2) is 24.3 Å². The number of aryl methyl sites for hydroxylation is 1. The molecule has 70 valence electrons. The Labute approximate surface area is 78.9 Å². The predicted molar refractivity (Wildman–Crippen MR) is 51.0 cm³/mol. The third-order valence-corrected chi connectivity index (χ3v) is 2.92. The van der Waals surface area contributed by atoms with E-state index in [4.69, 9.17) is 0 Å². The number of rotatable bonds is 2. The molecule has 0 bridgehead atoms. The summed E-state index contributed by atoms with van der Waals surface area (Å²) in [6, 6.07) is 7.96. The van der Waals surface area contributed by atoms with Crippen molar-refractivity contribution in [3.63, 3.8) is 0 Å². The first-order valence-electron chi connectivity index (χ1n) is 4.26. The summed E-state index contributed by atoms with van der Waals surface area (Å²) >= 11 is 0. The van der Waals surface area contributed by atoms with Gasteiger partial charge in [-0.3, -0.25) is 0 Å². The minimum atomic E-state index is -2.49. The smallest absolute Gasteiger partial charge is 0.201 e. The van der Waals surface area contributed by atoms with Crippen LogP contribution in [0.2, 0.25) is 0 Å². The number of hydrogen-bond acceptors (Lipinski definition) is 2. The molecule has 0 fully saturated rings. The molecule has 0 heterocycles. The SMILES string of the molecule is O=[SH](=O)NC1CCc2ccccc21. The number of benzene rings is 1. The molecule has 0 saturated heterocycles. The Kier molecular flexibility index (Phi) is 2.33. The van der Waals surface area contributed by atoms with Crippen LogP contribution in [0.5, 0.6) is 0 Å². The number of fused-ring (bicyclic) bond motifs is 1. The van der Waals surface area contributed by atoms with E-state index in [1.807, 2.05) is 18.2 Å². The first kappa shape index (κ1) is 8.72. The van der Waals surface area contributed by atoms with E-state index in [2.05, 4.69) is 10.8 Å². The molecule has 0 amide bonds. The standard InChI is InChI=1S/C9H11NO2S/c11-13(12)10-9-6-5-7-3-1-2-4-8(7)9/h1-4,9,13H,5-6H2,(H,10,11,12). The summed E-state index contributed by atoms with van der Waals surface area (Å²) < 4.78 is 23.5. The van der Waals surface area contributed by atoms with Gasteiger partial charge in [0.15, 0.2) is 0 Å². The topological polar surface area (TPSA) is 46.2 Å². The minimum Gasteiger partial charge on any atom is -0.215 e. The van der Waals surface area contributed by atoms with E-state index in [1.165, 1.54) is 5.56 Å². The molecule has 0 aliphatic heterocycles. The van der Waals surface area contributed by atoms with E-state index >= 15 is 0 Å². The van der Waals surface area contributed by atoms with Crippen molar-refractivity contribution < 1.29 is 8.42 Å². The van der Waals surface area contributed by atoms with Crippen LogP contribution < -0.4 is 4.72 Å². The third-order valence-electron chi connectivity index (χ3n) is 2.39. The second-order valence-electron chi connectivity index (χ2n) is 3.18. The van der Waals surface area contributed by atoms with Crippen molar-refractivity contribution in [1.82, 2.24) is 4.72 Å². The summed E-state index contributed by atoms with van der Waals surface area (Å²) in [6.07, 6.45) is 1.85. The zero-order valence-corrected chi connectivity index (χ0v) is 7.96. The van der Waals surface area contributed by atoms with E-state index < -0.39 is 10.9 Å². The highest BCUT2D eigenvalue weighted by Crippen LogP contribution is 2.30. The molecule has 1 aliphatic rings. The van der Waals surface area contributed by atoms with Crippen LogP contribution in [0, 0.1) is 0 Å². The maximum Gasteiger partial charge on any atom is 0.201 e. The van der Waals surface area contributed by atoms with Crippen molar-refractivity contribution in [2.24, 2.45) is 0 Å². The lowest BCUT2D eigenvalue weighted by Crippen LogP contribution is -2.16. The van der Waals surface area contributed by atoms with Crippen LogP contribution >= 0.6 is 0 Å². The fourth-order valence-electron chi connectivity index (χ4n) is 1.82. The van der Waals surface area contributed by atoms with Gasteiger partial charge in [-0.2, -0.15) is 0 Å². The molecule has 1 unspecified atom stereocenters. The fraction of sp³-hybridized carbons (Fsp3) is 0.333. The molecule has 1 atom stereocenters. The molecule has 0 spiro atoms. The van der Waals surface area contributed by atoms with Gasteiger partial charge in [0.1, 0.15) is 0 Å². The molecule has 3 nitrogen and oxygen atoms in total. The lowest BCUT2D eigenvalue weighted by atomic mass is 10.1. The van der Waals surface area contributed by atoms with E-state index in [1.54, 1.807) is 0 Å². The molecule has 0 saturated carbocycles. The van der Waals surface area contributed by atoms with Crippen LogP contribution in [0.25, 0.3) is 0 Å². The summed E-state index contributed by atoms with van der Waals surface area (Å²) in [4.78, 5) is 0. The molecule has 4 heteroatoms. The summed E-state index contributed by atoms with van der Waals surface area (Å²) in [5.74, 6) is 0. The monoisotopic (exact) mass is 197 g/mol. The van der Waals surface area contributed by atoms with Gasteiger partial charge in [-0.25, -0.2) is 13.1 Å². The van der Waals surface area contributed by atoms with Gasteiger partial charge in [0.25, 0.3) is 0 Å². The summed E-state index contributed by atoms with van der Waals surface area (Å²) in [5.41, 5.74) is 2.39. The minimum absolute atomic E-state index is 0.00249. The molecule has 0 radical (unpaired) electrons. The molecule has 1 N–H and O–H groups in total. The van der Waals surface area contributed by atoms with Gasteiger partial charge < -0.3 is 0 Å². The third kappa shape index (κ3) is 1.73. The molecule has 2 rings (SSSR count). The van der Waals surface area contributed by atoms with E-state index in [0.717, 1.165) is 18.4 Å². The maximum atomic E-state index is 10.5. The summed E-state index contributed by atoms with van der Waals surface area (Å²) in [6.45, 7) is 0. The molecule has 1 aliphatic carbocycles. The van der Waals surface area contributed by atoms with E-state index in [9.17, 15) is 8.42 Å². The Balaban J connectivity index is 2.28. The lowest BCUT2D eigenvalue weighted by Gasteiger charge is -2.07. The van der Waals surface area contributed by atoms with Crippen LogP contribution in [0.3, 0.4) is 0 Å². The van der Waals surface area contributed by atoms with Crippen LogP contribution in [-0.4, -0.2) is 8.42 Å². The molecule has 13 heavy (non-hydrogen) atoms. The second-order valence-corrected chi connectivity index (χ2v) is 3.95. The van der Waals surface area contributed by atoms with Gasteiger partial charge in [0, 0.05) is 6.04 Å². The zero-order chi connectivity index (χ0) is 9.26. The first-order valence-corrected chi connectivity index (χ1v) is 5.43. The number of nitrogens with one attached hydrogen (secondary N) is 1. The van der Waals surface area contributed by atoms with Crippen molar-refractivity contribution in [3.05, 3.63) is 35.4 Å². The van der Waals surface area contributed by atoms with Gasteiger partial charge in [0.05, 0.1) is 0 Å². The van der Waals surface area contributed by atoms with Gasteiger partial charge in [0.2, 0.25) is 10.9 Å².